The van der Waals surface area contributed by atoms with Gasteiger partial charge in [0.1, 0.15) is 11.9 Å². The first-order valence-electron chi connectivity index (χ1n) is 4.44. The molecule has 1 aromatic heterocycles. The number of anilines is 1. The second kappa shape index (κ2) is 3.60. The van der Waals surface area contributed by atoms with Crippen molar-refractivity contribution in [1.29, 1.82) is 5.26 Å². The Kier molecular flexibility index (Phi) is 2.29. The van der Waals surface area contributed by atoms with E-state index in [0.717, 1.165) is 12.8 Å². The maximum absolute atomic E-state index is 9.06. The van der Waals surface area contributed by atoms with Crippen molar-refractivity contribution >= 4 is 5.82 Å². The quantitative estimate of drug-likeness (QED) is 0.700. The van der Waals surface area contributed by atoms with E-state index < -0.39 is 0 Å². The lowest BCUT2D eigenvalue weighted by atomic mass is 9.90. The number of hydrogen-bond donors (Lipinski definition) is 2. The van der Waals surface area contributed by atoms with Gasteiger partial charge >= 0.3 is 0 Å². The molecule has 0 bridgehead atoms. The Morgan fingerprint density at radius 2 is 2.21 bits per heavy atom. The van der Waals surface area contributed by atoms with Gasteiger partial charge in [-0.3, -0.25) is 0 Å². The van der Waals surface area contributed by atoms with Crippen molar-refractivity contribution in [3.8, 4) is 6.07 Å². The molecule has 0 amide bonds. The Morgan fingerprint density at radius 3 is 2.71 bits per heavy atom. The lowest BCUT2D eigenvalue weighted by molar-refractivity contribution is 0.0835. The van der Waals surface area contributed by atoms with E-state index in [1.165, 1.54) is 12.4 Å². The zero-order chi connectivity index (χ0) is 9.97. The molecule has 0 radical (unpaired) electrons. The van der Waals surface area contributed by atoms with Gasteiger partial charge in [0.2, 0.25) is 0 Å². The minimum absolute atomic E-state index is 0.182. The number of nitrogens with one attached hydrogen (secondary N) is 1. The normalized spacial score (nSPS) is 24.9. The number of hydrogen-bond acceptors (Lipinski definition) is 5. The topological polar surface area (TPSA) is 81.8 Å². The molecule has 0 atom stereocenters. The molecule has 1 heterocycles. The second-order valence-corrected chi connectivity index (χ2v) is 3.37. The van der Waals surface area contributed by atoms with E-state index in [9.17, 15) is 0 Å². The largest absolute Gasteiger partial charge is 0.393 e. The summed E-state index contributed by atoms with van der Waals surface area (Å²) in [6, 6.07) is 2.19. The van der Waals surface area contributed by atoms with Crippen LogP contribution in [0.3, 0.4) is 0 Å². The molecule has 1 aromatic rings. The highest BCUT2D eigenvalue weighted by Gasteiger charge is 2.27. The summed E-state index contributed by atoms with van der Waals surface area (Å²) in [7, 11) is 0. The second-order valence-electron chi connectivity index (χ2n) is 3.37. The summed E-state index contributed by atoms with van der Waals surface area (Å²) in [5.41, 5.74) is 0.309. The maximum atomic E-state index is 9.06. The molecule has 5 heteroatoms. The molecular formula is C9H10N4O. The van der Waals surface area contributed by atoms with Gasteiger partial charge in [0, 0.05) is 6.04 Å². The minimum Gasteiger partial charge on any atom is -0.393 e. The zero-order valence-electron chi connectivity index (χ0n) is 7.51. The molecule has 1 aliphatic rings. The number of nitrogens with zero attached hydrogens (tertiary/aromatic N) is 3. The van der Waals surface area contributed by atoms with Gasteiger partial charge in [-0.2, -0.15) is 5.26 Å². The fraction of sp³-hybridized carbons (Fsp3) is 0.444. The molecule has 1 fully saturated rings. The molecule has 0 unspecified atom stereocenters. The average Bonchev–Trinajstić information content (AvgIpc) is 2.17. The first-order chi connectivity index (χ1) is 6.78. The van der Waals surface area contributed by atoms with Gasteiger partial charge in [0.25, 0.3) is 0 Å². The van der Waals surface area contributed by atoms with Gasteiger partial charge in [0.15, 0.2) is 5.69 Å². The third kappa shape index (κ3) is 1.80. The predicted molar refractivity (Wildman–Crippen MR) is 49.4 cm³/mol. The summed E-state index contributed by atoms with van der Waals surface area (Å²) in [5, 5.41) is 20.7. The number of aliphatic hydroxyl groups is 1. The maximum Gasteiger partial charge on any atom is 0.158 e. The van der Waals surface area contributed by atoms with Crippen LogP contribution in [0, 0.1) is 11.3 Å². The smallest absolute Gasteiger partial charge is 0.158 e. The number of aromatic nitrogens is 2. The van der Waals surface area contributed by atoms with Crippen molar-refractivity contribution in [2.45, 2.75) is 25.0 Å². The van der Waals surface area contributed by atoms with E-state index in [2.05, 4.69) is 15.3 Å². The fourth-order valence-electron chi connectivity index (χ4n) is 1.38. The highest BCUT2D eigenvalue weighted by atomic mass is 16.3. The number of rotatable bonds is 2. The van der Waals surface area contributed by atoms with Crippen molar-refractivity contribution in [1.82, 2.24) is 9.97 Å². The summed E-state index contributed by atoms with van der Waals surface area (Å²) >= 11 is 0. The van der Waals surface area contributed by atoms with E-state index in [4.69, 9.17) is 10.4 Å². The SMILES string of the molecule is N#Cc1cnc(NC2CC(O)C2)cn1. The third-order valence-corrected chi connectivity index (χ3v) is 2.23. The number of nitriles is 1. The van der Waals surface area contributed by atoms with Crippen LogP contribution < -0.4 is 5.32 Å². The van der Waals surface area contributed by atoms with Gasteiger partial charge in [-0.25, -0.2) is 9.97 Å². The van der Waals surface area contributed by atoms with Crippen LogP contribution in [0.25, 0.3) is 0 Å². The van der Waals surface area contributed by atoms with Crippen LogP contribution in [-0.4, -0.2) is 27.2 Å². The van der Waals surface area contributed by atoms with Gasteiger partial charge in [-0.05, 0) is 12.8 Å². The molecule has 72 valence electrons. The molecule has 0 aliphatic heterocycles. The van der Waals surface area contributed by atoms with Crippen LogP contribution in [0.15, 0.2) is 12.4 Å². The summed E-state index contributed by atoms with van der Waals surface area (Å²) in [5.74, 6) is 0.654. The van der Waals surface area contributed by atoms with E-state index >= 15 is 0 Å². The summed E-state index contributed by atoms with van der Waals surface area (Å²) < 4.78 is 0. The van der Waals surface area contributed by atoms with Gasteiger partial charge in [0.05, 0.1) is 18.5 Å². The van der Waals surface area contributed by atoms with Crippen LogP contribution in [0.5, 0.6) is 0 Å². The third-order valence-electron chi connectivity index (χ3n) is 2.23. The Bertz CT molecular complexity index is 350. The summed E-state index contributed by atoms with van der Waals surface area (Å²) in [6.45, 7) is 0. The van der Waals surface area contributed by atoms with Crippen molar-refractivity contribution in [2.24, 2.45) is 0 Å². The first kappa shape index (κ1) is 8.91. The van der Waals surface area contributed by atoms with Crippen molar-refractivity contribution in [3.05, 3.63) is 18.1 Å². The van der Waals surface area contributed by atoms with Crippen LogP contribution >= 0.6 is 0 Å². The average molecular weight is 190 g/mol. The van der Waals surface area contributed by atoms with Crippen LogP contribution in [0.1, 0.15) is 18.5 Å². The Hall–Kier alpha value is -1.67. The Labute approximate surface area is 81.4 Å². The summed E-state index contributed by atoms with van der Waals surface area (Å²) in [4.78, 5) is 7.90. The molecule has 1 aliphatic carbocycles. The molecule has 2 N–H and O–H groups in total. The molecule has 2 rings (SSSR count). The molecule has 5 nitrogen and oxygen atoms in total. The highest BCUT2D eigenvalue weighted by Crippen LogP contribution is 2.22. The van der Waals surface area contributed by atoms with E-state index in [-0.39, 0.29) is 12.1 Å². The Balaban J connectivity index is 1.94. The van der Waals surface area contributed by atoms with Crippen molar-refractivity contribution in [3.63, 3.8) is 0 Å². The van der Waals surface area contributed by atoms with Crippen molar-refractivity contribution < 1.29 is 5.11 Å². The monoisotopic (exact) mass is 190 g/mol. The van der Waals surface area contributed by atoms with E-state index in [1.807, 2.05) is 6.07 Å². The van der Waals surface area contributed by atoms with Gasteiger partial charge in [-0.15, -0.1) is 0 Å². The summed E-state index contributed by atoms with van der Waals surface area (Å²) in [6.07, 6.45) is 4.28. The first-order valence-corrected chi connectivity index (χ1v) is 4.44. The molecule has 0 aromatic carbocycles. The lowest BCUT2D eigenvalue weighted by Gasteiger charge is -2.32. The standard InChI is InChI=1S/C9H10N4O/c10-3-7-4-12-9(5-11-7)13-6-1-8(14)2-6/h4-6,8,14H,1-2H2,(H,12,13). The van der Waals surface area contributed by atoms with E-state index in [1.54, 1.807) is 0 Å². The van der Waals surface area contributed by atoms with Crippen LogP contribution in [0.2, 0.25) is 0 Å². The van der Waals surface area contributed by atoms with Gasteiger partial charge in [-0.1, -0.05) is 0 Å². The molecule has 0 spiro atoms. The molecule has 0 saturated heterocycles. The zero-order valence-corrected chi connectivity index (χ0v) is 7.51. The molecule has 14 heavy (non-hydrogen) atoms. The van der Waals surface area contributed by atoms with Crippen LogP contribution in [0.4, 0.5) is 5.82 Å². The van der Waals surface area contributed by atoms with Gasteiger partial charge < -0.3 is 10.4 Å². The fourth-order valence-corrected chi connectivity index (χ4v) is 1.38. The lowest BCUT2D eigenvalue weighted by Crippen LogP contribution is -2.39. The molecule has 1 saturated carbocycles. The highest BCUT2D eigenvalue weighted by molar-refractivity contribution is 5.35. The van der Waals surface area contributed by atoms with Crippen LogP contribution in [-0.2, 0) is 0 Å². The Morgan fingerprint density at radius 1 is 1.43 bits per heavy atom. The van der Waals surface area contributed by atoms with E-state index in [0.29, 0.717) is 11.5 Å². The minimum atomic E-state index is -0.182. The predicted octanol–water partition coefficient (Wildman–Crippen LogP) is 0.283. The van der Waals surface area contributed by atoms with Crippen molar-refractivity contribution in [2.75, 3.05) is 5.32 Å². The number of aliphatic hydroxyl groups excluding tert-OH is 1. The molecular weight excluding hydrogens is 180 g/mol.